The van der Waals surface area contributed by atoms with Crippen LogP contribution in [0.3, 0.4) is 0 Å². The van der Waals surface area contributed by atoms with E-state index in [1.165, 1.54) is 19.2 Å². The summed E-state index contributed by atoms with van der Waals surface area (Å²) in [5.41, 5.74) is 0.577. The standard InChI is InChI=1S/C22H25N3O8S/c1-4-31-15-5-8-17(9-6-15)34(27,28)23-12-11-21(26)32-14-20-24-22(25-33-20)18-10-7-16(29-2)13-19(18)30-3/h5-10,13,23H,4,11-12,14H2,1-3H3. The molecule has 3 rings (SSSR count). The zero-order chi connectivity index (χ0) is 24.6. The van der Waals surface area contributed by atoms with Crippen molar-refractivity contribution in [2.24, 2.45) is 0 Å². The SMILES string of the molecule is CCOc1ccc(S(=O)(=O)NCCC(=O)OCc2nc(-c3ccc(OC)cc3OC)no2)cc1. The second-order valence-electron chi connectivity index (χ2n) is 6.79. The van der Waals surface area contributed by atoms with Crippen LogP contribution in [0.5, 0.6) is 17.2 Å². The van der Waals surface area contributed by atoms with E-state index in [-0.39, 0.29) is 36.2 Å². The van der Waals surface area contributed by atoms with Crippen LogP contribution in [0.15, 0.2) is 51.9 Å². The molecule has 0 aliphatic carbocycles. The van der Waals surface area contributed by atoms with Gasteiger partial charge < -0.3 is 23.5 Å². The quantitative estimate of drug-likeness (QED) is 0.376. The molecule has 34 heavy (non-hydrogen) atoms. The van der Waals surface area contributed by atoms with Crippen LogP contribution in [-0.2, 0) is 26.2 Å². The maximum atomic E-state index is 12.3. The number of sulfonamides is 1. The van der Waals surface area contributed by atoms with E-state index in [4.69, 9.17) is 23.5 Å². The number of hydrogen-bond acceptors (Lipinski definition) is 10. The predicted octanol–water partition coefficient (Wildman–Crippen LogP) is 2.56. The fourth-order valence-electron chi connectivity index (χ4n) is 2.87. The Balaban J connectivity index is 1.49. The topological polar surface area (TPSA) is 139 Å². The Morgan fingerprint density at radius 2 is 1.79 bits per heavy atom. The van der Waals surface area contributed by atoms with E-state index >= 15 is 0 Å². The Bertz CT molecular complexity index is 1210. The molecule has 0 aliphatic heterocycles. The van der Waals surface area contributed by atoms with Crippen LogP contribution in [0.1, 0.15) is 19.2 Å². The number of carbonyl (C=O) groups is 1. The molecular formula is C22H25N3O8S. The van der Waals surface area contributed by atoms with Crippen LogP contribution in [0.2, 0.25) is 0 Å². The molecule has 0 radical (unpaired) electrons. The van der Waals surface area contributed by atoms with E-state index < -0.39 is 16.0 Å². The Morgan fingerprint density at radius 1 is 1.06 bits per heavy atom. The highest BCUT2D eigenvalue weighted by atomic mass is 32.2. The van der Waals surface area contributed by atoms with E-state index in [1.807, 2.05) is 6.92 Å². The largest absolute Gasteiger partial charge is 0.497 e. The smallest absolute Gasteiger partial charge is 0.307 e. The first kappa shape index (κ1) is 25.0. The molecule has 182 valence electrons. The Labute approximate surface area is 197 Å². The van der Waals surface area contributed by atoms with E-state index in [9.17, 15) is 13.2 Å². The van der Waals surface area contributed by atoms with Gasteiger partial charge >= 0.3 is 5.97 Å². The molecule has 1 N–H and O–H groups in total. The minimum Gasteiger partial charge on any atom is -0.497 e. The summed E-state index contributed by atoms with van der Waals surface area (Å²) in [4.78, 5) is 16.3. The first-order valence-corrected chi connectivity index (χ1v) is 11.8. The third kappa shape index (κ3) is 6.45. The van der Waals surface area contributed by atoms with Gasteiger partial charge in [0.1, 0.15) is 17.2 Å². The number of ether oxygens (including phenoxy) is 4. The van der Waals surface area contributed by atoms with E-state index in [1.54, 1.807) is 37.4 Å². The number of aromatic nitrogens is 2. The van der Waals surface area contributed by atoms with Gasteiger partial charge in [-0.1, -0.05) is 5.16 Å². The molecule has 0 unspecified atom stereocenters. The summed E-state index contributed by atoms with van der Waals surface area (Å²) in [7, 11) is -0.722. The molecule has 1 heterocycles. The van der Waals surface area contributed by atoms with Crippen LogP contribution in [0, 0.1) is 0 Å². The molecule has 0 saturated carbocycles. The van der Waals surface area contributed by atoms with Crippen molar-refractivity contribution in [1.29, 1.82) is 0 Å². The van der Waals surface area contributed by atoms with Gasteiger partial charge in [0.15, 0.2) is 6.61 Å². The zero-order valence-corrected chi connectivity index (χ0v) is 19.8. The van der Waals surface area contributed by atoms with Gasteiger partial charge in [0, 0.05) is 12.6 Å². The molecule has 0 amide bonds. The van der Waals surface area contributed by atoms with Crippen molar-refractivity contribution in [3.8, 4) is 28.6 Å². The molecule has 0 spiro atoms. The molecule has 0 saturated heterocycles. The molecular weight excluding hydrogens is 466 g/mol. The molecule has 0 atom stereocenters. The maximum Gasteiger partial charge on any atom is 0.307 e. The van der Waals surface area contributed by atoms with Crippen molar-refractivity contribution in [3.63, 3.8) is 0 Å². The summed E-state index contributed by atoms with van der Waals surface area (Å²) >= 11 is 0. The number of esters is 1. The lowest BCUT2D eigenvalue weighted by Crippen LogP contribution is -2.26. The van der Waals surface area contributed by atoms with Gasteiger partial charge in [-0.15, -0.1) is 0 Å². The predicted molar refractivity (Wildman–Crippen MR) is 120 cm³/mol. The first-order valence-electron chi connectivity index (χ1n) is 10.3. The van der Waals surface area contributed by atoms with E-state index in [2.05, 4.69) is 14.9 Å². The van der Waals surface area contributed by atoms with Crippen molar-refractivity contribution in [1.82, 2.24) is 14.9 Å². The minimum absolute atomic E-state index is 0.0664. The zero-order valence-electron chi connectivity index (χ0n) is 18.9. The molecule has 0 aliphatic rings. The number of hydrogen-bond donors (Lipinski definition) is 1. The number of nitrogens with one attached hydrogen (secondary N) is 1. The highest BCUT2D eigenvalue weighted by Gasteiger charge is 2.17. The number of rotatable bonds is 12. The van der Waals surface area contributed by atoms with Crippen molar-refractivity contribution < 1.29 is 36.7 Å². The lowest BCUT2D eigenvalue weighted by molar-refractivity contribution is -0.145. The van der Waals surface area contributed by atoms with Crippen molar-refractivity contribution in [2.75, 3.05) is 27.4 Å². The highest BCUT2D eigenvalue weighted by molar-refractivity contribution is 7.89. The number of methoxy groups -OCH3 is 2. The average Bonchev–Trinajstić information content (AvgIpc) is 3.31. The fraction of sp³-hybridized carbons (Fsp3) is 0.318. The number of nitrogens with zero attached hydrogens (tertiary/aromatic N) is 2. The molecule has 12 heteroatoms. The summed E-state index contributed by atoms with van der Waals surface area (Å²) < 4.78 is 53.0. The number of carbonyl (C=O) groups excluding carboxylic acids is 1. The second kappa shape index (κ2) is 11.5. The van der Waals surface area contributed by atoms with Gasteiger partial charge in [-0.25, -0.2) is 13.1 Å². The third-order valence-electron chi connectivity index (χ3n) is 4.54. The van der Waals surface area contributed by atoms with Crippen molar-refractivity contribution in [2.45, 2.75) is 24.8 Å². The lowest BCUT2D eigenvalue weighted by Gasteiger charge is -2.08. The normalized spacial score (nSPS) is 11.1. The van der Waals surface area contributed by atoms with Gasteiger partial charge in [0.2, 0.25) is 15.8 Å². The van der Waals surface area contributed by atoms with Crippen LogP contribution in [0.25, 0.3) is 11.4 Å². The van der Waals surface area contributed by atoms with Gasteiger partial charge in [-0.2, -0.15) is 4.98 Å². The second-order valence-corrected chi connectivity index (χ2v) is 8.56. The Morgan fingerprint density at radius 3 is 2.47 bits per heavy atom. The van der Waals surface area contributed by atoms with Gasteiger partial charge in [0.25, 0.3) is 5.89 Å². The molecule has 2 aromatic carbocycles. The molecule has 11 nitrogen and oxygen atoms in total. The molecule has 3 aromatic rings. The fourth-order valence-corrected chi connectivity index (χ4v) is 3.90. The van der Waals surface area contributed by atoms with Crippen molar-refractivity contribution in [3.05, 3.63) is 48.4 Å². The maximum absolute atomic E-state index is 12.3. The van der Waals surface area contributed by atoms with Gasteiger partial charge in [-0.05, 0) is 43.3 Å². The summed E-state index contributed by atoms with van der Waals surface area (Å²) in [6.45, 7) is 1.93. The summed E-state index contributed by atoms with van der Waals surface area (Å²) in [5.74, 6) is 1.38. The number of benzene rings is 2. The summed E-state index contributed by atoms with van der Waals surface area (Å²) in [5, 5.41) is 3.88. The Kier molecular flexibility index (Phi) is 8.44. The summed E-state index contributed by atoms with van der Waals surface area (Å²) in [6.07, 6.45) is -0.177. The minimum atomic E-state index is -3.77. The van der Waals surface area contributed by atoms with Gasteiger partial charge in [-0.3, -0.25) is 4.79 Å². The monoisotopic (exact) mass is 491 g/mol. The third-order valence-corrected chi connectivity index (χ3v) is 6.02. The van der Waals surface area contributed by atoms with Crippen LogP contribution >= 0.6 is 0 Å². The van der Waals surface area contributed by atoms with Crippen molar-refractivity contribution >= 4 is 16.0 Å². The van der Waals surface area contributed by atoms with E-state index in [0.717, 1.165) is 0 Å². The summed E-state index contributed by atoms with van der Waals surface area (Å²) in [6, 6.07) is 11.1. The van der Waals surface area contributed by atoms with Crippen LogP contribution < -0.4 is 18.9 Å². The Hall–Kier alpha value is -3.64. The highest BCUT2D eigenvalue weighted by Crippen LogP contribution is 2.31. The molecule has 1 aromatic heterocycles. The lowest BCUT2D eigenvalue weighted by atomic mass is 10.2. The molecule has 0 fully saturated rings. The van der Waals surface area contributed by atoms with E-state index in [0.29, 0.717) is 29.4 Å². The van der Waals surface area contributed by atoms with Crippen LogP contribution in [-0.4, -0.2) is 51.9 Å². The first-order chi connectivity index (χ1) is 16.4. The van der Waals surface area contributed by atoms with Gasteiger partial charge in [0.05, 0.1) is 37.7 Å². The molecule has 0 bridgehead atoms. The average molecular weight is 492 g/mol. The van der Waals surface area contributed by atoms with Crippen LogP contribution in [0.4, 0.5) is 0 Å².